The van der Waals surface area contributed by atoms with Crippen LogP contribution in [0.25, 0.3) is 0 Å². The number of rotatable bonds is 5. The van der Waals surface area contributed by atoms with E-state index in [9.17, 15) is 8.78 Å². The van der Waals surface area contributed by atoms with Crippen LogP contribution in [0.4, 0.5) is 8.78 Å². The van der Waals surface area contributed by atoms with Crippen LogP contribution >= 0.6 is 23.4 Å². The Morgan fingerprint density at radius 2 is 1.80 bits per heavy atom. The molecule has 3 N–H and O–H groups in total. The van der Waals surface area contributed by atoms with Gasteiger partial charge in [-0.1, -0.05) is 23.7 Å². The number of benzene rings is 2. The SMILES string of the molecule is NNC(CSc1ccccc1Cl)c1cc(F)cc(F)c1. The van der Waals surface area contributed by atoms with E-state index in [0.29, 0.717) is 16.3 Å². The minimum atomic E-state index is -0.622. The van der Waals surface area contributed by atoms with E-state index in [-0.39, 0.29) is 6.04 Å². The first-order chi connectivity index (χ1) is 9.60. The largest absolute Gasteiger partial charge is 0.271 e. The number of hydrazine groups is 1. The average Bonchev–Trinajstić information content (AvgIpc) is 2.40. The molecule has 6 heteroatoms. The highest BCUT2D eigenvalue weighted by Crippen LogP contribution is 2.30. The lowest BCUT2D eigenvalue weighted by molar-refractivity contribution is 0.559. The van der Waals surface area contributed by atoms with Crippen molar-refractivity contribution in [3.8, 4) is 0 Å². The van der Waals surface area contributed by atoms with Gasteiger partial charge in [0.15, 0.2) is 0 Å². The average molecular weight is 315 g/mol. The molecule has 0 aliphatic heterocycles. The molecular formula is C14H13ClF2N2S. The first-order valence-corrected chi connectivity index (χ1v) is 7.26. The summed E-state index contributed by atoms with van der Waals surface area (Å²) in [6.07, 6.45) is 0. The molecule has 0 heterocycles. The molecule has 0 saturated heterocycles. The molecule has 0 radical (unpaired) electrons. The smallest absolute Gasteiger partial charge is 0.126 e. The van der Waals surface area contributed by atoms with Crippen LogP contribution in [0.3, 0.4) is 0 Å². The minimum Gasteiger partial charge on any atom is -0.271 e. The van der Waals surface area contributed by atoms with Crippen LogP contribution in [-0.4, -0.2) is 5.75 Å². The fourth-order valence-corrected chi connectivity index (χ4v) is 3.07. The van der Waals surface area contributed by atoms with Gasteiger partial charge in [0.25, 0.3) is 0 Å². The third-order valence-electron chi connectivity index (χ3n) is 2.73. The lowest BCUT2D eigenvalue weighted by atomic mass is 10.1. The molecule has 0 fully saturated rings. The topological polar surface area (TPSA) is 38.0 Å². The van der Waals surface area contributed by atoms with Gasteiger partial charge < -0.3 is 0 Å². The van der Waals surface area contributed by atoms with E-state index in [2.05, 4.69) is 5.43 Å². The maximum absolute atomic E-state index is 13.2. The lowest BCUT2D eigenvalue weighted by Crippen LogP contribution is -2.29. The van der Waals surface area contributed by atoms with Gasteiger partial charge in [-0.15, -0.1) is 11.8 Å². The van der Waals surface area contributed by atoms with Crippen molar-refractivity contribution in [3.05, 3.63) is 64.7 Å². The first kappa shape index (κ1) is 15.3. The molecule has 0 aromatic heterocycles. The molecule has 0 spiro atoms. The zero-order valence-electron chi connectivity index (χ0n) is 10.4. The van der Waals surface area contributed by atoms with Crippen LogP contribution in [0, 0.1) is 11.6 Å². The fourth-order valence-electron chi connectivity index (χ4n) is 1.75. The molecule has 1 atom stereocenters. The molecule has 0 amide bonds. The second kappa shape index (κ2) is 7.04. The van der Waals surface area contributed by atoms with Crippen LogP contribution in [-0.2, 0) is 0 Å². The molecular weight excluding hydrogens is 302 g/mol. The Hall–Kier alpha value is -1.14. The molecule has 0 aliphatic rings. The van der Waals surface area contributed by atoms with Crippen LogP contribution < -0.4 is 11.3 Å². The highest BCUT2D eigenvalue weighted by molar-refractivity contribution is 7.99. The lowest BCUT2D eigenvalue weighted by Gasteiger charge is -2.16. The summed E-state index contributed by atoms with van der Waals surface area (Å²) in [6.45, 7) is 0. The zero-order chi connectivity index (χ0) is 14.5. The van der Waals surface area contributed by atoms with E-state index in [1.54, 1.807) is 6.07 Å². The summed E-state index contributed by atoms with van der Waals surface area (Å²) in [5, 5.41) is 0.638. The third kappa shape index (κ3) is 3.93. The van der Waals surface area contributed by atoms with Crippen molar-refractivity contribution in [2.24, 2.45) is 5.84 Å². The summed E-state index contributed by atoms with van der Waals surface area (Å²) in [4.78, 5) is 0.895. The zero-order valence-corrected chi connectivity index (χ0v) is 12.0. The van der Waals surface area contributed by atoms with E-state index in [4.69, 9.17) is 17.4 Å². The molecule has 0 bridgehead atoms. The van der Waals surface area contributed by atoms with Gasteiger partial charge in [0.2, 0.25) is 0 Å². The van der Waals surface area contributed by atoms with Crippen molar-refractivity contribution in [2.75, 3.05) is 5.75 Å². The standard InChI is InChI=1S/C14H13ClF2N2S/c15-12-3-1-2-4-14(12)20-8-13(19-18)9-5-10(16)7-11(17)6-9/h1-7,13,19H,8,18H2. The molecule has 2 aromatic rings. The fraction of sp³-hybridized carbons (Fsp3) is 0.143. The van der Waals surface area contributed by atoms with Gasteiger partial charge in [-0.05, 0) is 29.8 Å². The van der Waals surface area contributed by atoms with Gasteiger partial charge in [-0.25, -0.2) is 8.78 Å². The molecule has 0 aliphatic carbocycles. The van der Waals surface area contributed by atoms with Gasteiger partial charge in [0.05, 0.1) is 11.1 Å². The number of nitrogens with one attached hydrogen (secondary N) is 1. The van der Waals surface area contributed by atoms with Gasteiger partial charge in [-0.2, -0.15) is 0 Å². The number of hydrogen-bond donors (Lipinski definition) is 2. The van der Waals surface area contributed by atoms with E-state index >= 15 is 0 Å². The van der Waals surface area contributed by atoms with Crippen molar-refractivity contribution in [1.82, 2.24) is 5.43 Å². The molecule has 2 rings (SSSR count). The molecule has 2 aromatic carbocycles. The van der Waals surface area contributed by atoms with Crippen molar-refractivity contribution in [2.45, 2.75) is 10.9 Å². The number of hydrogen-bond acceptors (Lipinski definition) is 3. The Morgan fingerprint density at radius 1 is 1.15 bits per heavy atom. The molecule has 106 valence electrons. The second-order valence-corrected chi connectivity index (χ2v) is 5.63. The summed E-state index contributed by atoms with van der Waals surface area (Å²) >= 11 is 7.52. The Balaban J connectivity index is 2.11. The third-order valence-corrected chi connectivity index (χ3v) is 4.34. The van der Waals surface area contributed by atoms with Crippen molar-refractivity contribution in [1.29, 1.82) is 0 Å². The van der Waals surface area contributed by atoms with Crippen LogP contribution in [0.2, 0.25) is 5.02 Å². The van der Waals surface area contributed by atoms with E-state index in [1.165, 1.54) is 23.9 Å². The van der Waals surface area contributed by atoms with Crippen molar-refractivity contribution in [3.63, 3.8) is 0 Å². The minimum absolute atomic E-state index is 0.374. The highest BCUT2D eigenvalue weighted by atomic mass is 35.5. The van der Waals surface area contributed by atoms with Crippen molar-refractivity contribution >= 4 is 23.4 Å². The predicted octanol–water partition coefficient (Wildman–Crippen LogP) is 3.91. The van der Waals surface area contributed by atoms with Gasteiger partial charge in [0, 0.05) is 16.7 Å². The maximum atomic E-state index is 13.2. The summed E-state index contributed by atoms with van der Waals surface area (Å²) in [5.74, 6) is 4.72. The summed E-state index contributed by atoms with van der Waals surface area (Å²) in [5.41, 5.74) is 3.03. The number of thioether (sulfide) groups is 1. The Bertz CT molecular complexity index is 575. The van der Waals surface area contributed by atoms with Gasteiger partial charge in [-0.3, -0.25) is 11.3 Å². The van der Waals surface area contributed by atoms with Gasteiger partial charge in [0.1, 0.15) is 11.6 Å². The summed E-state index contributed by atoms with van der Waals surface area (Å²) < 4.78 is 26.4. The number of nitrogens with two attached hydrogens (primary N) is 1. The maximum Gasteiger partial charge on any atom is 0.126 e. The molecule has 20 heavy (non-hydrogen) atoms. The van der Waals surface area contributed by atoms with E-state index in [1.807, 2.05) is 18.2 Å². The second-order valence-electron chi connectivity index (χ2n) is 4.16. The predicted molar refractivity (Wildman–Crippen MR) is 78.6 cm³/mol. The summed E-state index contributed by atoms with van der Waals surface area (Å²) in [7, 11) is 0. The Morgan fingerprint density at radius 3 is 2.40 bits per heavy atom. The molecule has 0 saturated carbocycles. The highest BCUT2D eigenvalue weighted by Gasteiger charge is 2.13. The quantitative estimate of drug-likeness (QED) is 0.499. The molecule has 1 unspecified atom stereocenters. The Labute approximate surface area is 125 Å². The van der Waals surface area contributed by atoms with Crippen LogP contribution in [0.15, 0.2) is 47.4 Å². The summed E-state index contributed by atoms with van der Waals surface area (Å²) in [6, 6.07) is 10.4. The normalized spacial score (nSPS) is 12.4. The van der Waals surface area contributed by atoms with Gasteiger partial charge >= 0.3 is 0 Å². The van der Waals surface area contributed by atoms with E-state index < -0.39 is 11.6 Å². The van der Waals surface area contributed by atoms with Crippen molar-refractivity contribution < 1.29 is 8.78 Å². The number of halogens is 3. The van der Waals surface area contributed by atoms with E-state index in [0.717, 1.165) is 11.0 Å². The molecule has 2 nitrogen and oxygen atoms in total. The Kier molecular flexibility index (Phi) is 5.37. The monoisotopic (exact) mass is 314 g/mol. The van der Waals surface area contributed by atoms with Crippen LogP contribution in [0.1, 0.15) is 11.6 Å². The first-order valence-electron chi connectivity index (χ1n) is 5.89. The van der Waals surface area contributed by atoms with Crippen LogP contribution in [0.5, 0.6) is 0 Å².